The lowest BCUT2D eigenvalue weighted by atomic mass is 10.1. The van der Waals surface area contributed by atoms with E-state index < -0.39 is 5.97 Å². The maximum Gasteiger partial charge on any atom is 0.341 e. The Kier molecular flexibility index (Phi) is 6.25. The molecule has 0 fully saturated rings. The predicted octanol–water partition coefficient (Wildman–Crippen LogP) is 4.83. The van der Waals surface area contributed by atoms with E-state index in [9.17, 15) is 4.79 Å². The summed E-state index contributed by atoms with van der Waals surface area (Å²) in [5, 5.41) is 0. The smallest absolute Gasteiger partial charge is 0.341 e. The van der Waals surface area contributed by atoms with Crippen LogP contribution in [0.3, 0.4) is 0 Å². The van der Waals surface area contributed by atoms with Gasteiger partial charge < -0.3 is 18.9 Å². The van der Waals surface area contributed by atoms with Crippen molar-refractivity contribution in [3.63, 3.8) is 0 Å². The Hall–Kier alpha value is -3.80. The molecule has 0 radical (unpaired) electrons. The molecule has 0 aliphatic heterocycles. The second kappa shape index (κ2) is 9.23. The number of aromatic nitrogens is 1. The number of para-hydroxylation sites is 1. The first-order valence-corrected chi connectivity index (χ1v) is 8.48. The summed E-state index contributed by atoms with van der Waals surface area (Å²) in [7, 11) is 2.79. The Bertz CT molecular complexity index is 952. The lowest BCUT2D eigenvalue weighted by Gasteiger charge is -2.11. The Morgan fingerprint density at radius 2 is 1.57 bits per heavy atom. The normalized spacial score (nSPS) is 10.9. The van der Waals surface area contributed by atoms with Gasteiger partial charge in [0.05, 0.1) is 20.5 Å². The van der Waals surface area contributed by atoms with Crippen molar-refractivity contribution in [2.75, 3.05) is 14.2 Å². The van der Waals surface area contributed by atoms with Gasteiger partial charge in [0.25, 0.3) is 5.88 Å². The Balaban J connectivity index is 1.79. The number of nitrogens with zero attached hydrogens (tertiary/aromatic N) is 1. The molecule has 0 atom stereocenters. The molecule has 0 saturated heterocycles. The summed E-state index contributed by atoms with van der Waals surface area (Å²) in [6, 6.07) is 19.8. The molecule has 0 saturated carbocycles. The maximum absolute atomic E-state index is 11.9. The Morgan fingerprint density at radius 1 is 0.857 bits per heavy atom. The average Bonchev–Trinajstić information content (AvgIpc) is 2.74. The van der Waals surface area contributed by atoms with Crippen LogP contribution in [0.2, 0.25) is 0 Å². The van der Waals surface area contributed by atoms with Crippen LogP contribution >= 0.6 is 0 Å². The van der Waals surface area contributed by atoms with Crippen LogP contribution in [0, 0.1) is 0 Å². The van der Waals surface area contributed by atoms with Gasteiger partial charge in [-0.15, -0.1) is 0 Å². The first-order chi connectivity index (χ1) is 13.7. The van der Waals surface area contributed by atoms with E-state index in [-0.39, 0.29) is 0 Å². The van der Waals surface area contributed by atoms with Crippen molar-refractivity contribution in [2.24, 2.45) is 0 Å². The van der Waals surface area contributed by atoms with E-state index in [2.05, 4.69) is 4.98 Å². The summed E-state index contributed by atoms with van der Waals surface area (Å²) < 4.78 is 21.4. The third kappa shape index (κ3) is 4.67. The summed E-state index contributed by atoms with van der Waals surface area (Å²) in [4.78, 5) is 16.1. The highest BCUT2D eigenvalue weighted by Gasteiger charge is 2.14. The molecule has 1 heterocycles. The monoisotopic (exact) mass is 377 g/mol. The molecule has 6 heteroatoms. The molecule has 0 spiro atoms. The standard InChI is InChI=1S/C22H19NO5/c1-25-15-19(22(24)26-2)16-10-12-18(13-11-16)28-21-20(9-6-14-23-21)27-17-7-4-3-5-8-17/h3-15H,1-2H3. The average molecular weight is 377 g/mol. The maximum atomic E-state index is 11.9. The molecule has 28 heavy (non-hydrogen) atoms. The van der Waals surface area contributed by atoms with E-state index in [0.717, 1.165) is 0 Å². The van der Waals surface area contributed by atoms with Crippen LogP contribution in [0.25, 0.3) is 5.57 Å². The van der Waals surface area contributed by atoms with Gasteiger partial charge in [-0.1, -0.05) is 30.3 Å². The van der Waals surface area contributed by atoms with Crippen molar-refractivity contribution in [1.82, 2.24) is 4.98 Å². The van der Waals surface area contributed by atoms with Crippen molar-refractivity contribution in [3.8, 4) is 23.1 Å². The number of esters is 1. The summed E-state index contributed by atoms with van der Waals surface area (Å²) in [6.45, 7) is 0. The highest BCUT2D eigenvalue weighted by Crippen LogP contribution is 2.32. The minimum atomic E-state index is -0.487. The van der Waals surface area contributed by atoms with E-state index in [0.29, 0.717) is 34.3 Å². The minimum absolute atomic E-state index is 0.308. The second-order valence-electron chi connectivity index (χ2n) is 5.61. The minimum Gasteiger partial charge on any atom is -0.503 e. The lowest BCUT2D eigenvalue weighted by molar-refractivity contribution is -0.133. The van der Waals surface area contributed by atoms with Gasteiger partial charge in [-0.3, -0.25) is 0 Å². The number of benzene rings is 2. The number of carbonyl (C=O) groups is 1. The zero-order chi connectivity index (χ0) is 19.8. The summed E-state index contributed by atoms with van der Waals surface area (Å²) in [6.07, 6.45) is 2.96. The summed E-state index contributed by atoms with van der Waals surface area (Å²) >= 11 is 0. The quantitative estimate of drug-likeness (QED) is 0.334. The van der Waals surface area contributed by atoms with Crippen molar-refractivity contribution in [2.45, 2.75) is 0 Å². The third-order valence-corrected chi connectivity index (χ3v) is 3.73. The topological polar surface area (TPSA) is 66.9 Å². The molecule has 0 aliphatic carbocycles. The summed E-state index contributed by atoms with van der Waals surface area (Å²) in [5.74, 6) is 1.57. The lowest BCUT2D eigenvalue weighted by Crippen LogP contribution is -2.04. The molecule has 0 amide bonds. The SMILES string of the molecule is COC=C(C(=O)OC)c1ccc(Oc2ncccc2Oc2ccccc2)cc1. The van der Waals surface area contributed by atoms with Crippen LogP contribution in [-0.2, 0) is 14.3 Å². The van der Waals surface area contributed by atoms with Crippen LogP contribution in [0.4, 0.5) is 0 Å². The first kappa shape index (κ1) is 19.0. The molecule has 0 unspecified atom stereocenters. The van der Waals surface area contributed by atoms with Gasteiger partial charge in [0.2, 0.25) is 0 Å². The second-order valence-corrected chi connectivity index (χ2v) is 5.61. The number of pyridine rings is 1. The van der Waals surface area contributed by atoms with Gasteiger partial charge in [0.1, 0.15) is 17.1 Å². The van der Waals surface area contributed by atoms with Gasteiger partial charge in [-0.25, -0.2) is 9.78 Å². The van der Waals surface area contributed by atoms with E-state index in [4.69, 9.17) is 18.9 Å². The van der Waals surface area contributed by atoms with E-state index in [1.54, 1.807) is 42.6 Å². The van der Waals surface area contributed by atoms with Crippen molar-refractivity contribution in [3.05, 3.63) is 84.8 Å². The molecule has 3 rings (SSSR count). The zero-order valence-electron chi connectivity index (χ0n) is 15.5. The highest BCUT2D eigenvalue weighted by atomic mass is 16.5. The molecule has 142 valence electrons. The fourth-order valence-electron chi connectivity index (χ4n) is 2.42. The Labute approximate surface area is 163 Å². The molecule has 1 aromatic heterocycles. The molecule has 0 aliphatic rings. The van der Waals surface area contributed by atoms with Crippen molar-refractivity contribution >= 4 is 11.5 Å². The molecule has 0 bridgehead atoms. The highest BCUT2D eigenvalue weighted by molar-refractivity contribution is 6.16. The van der Waals surface area contributed by atoms with Crippen LogP contribution in [-0.4, -0.2) is 25.2 Å². The Morgan fingerprint density at radius 3 is 2.25 bits per heavy atom. The van der Waals surface area contributed by atoms with Crippen molar-refractivity contribution in [1.29, 1.82) is 0 Å². The van der Waals surface area contributed by atoms with Gasteiger partial charge in [0, 0.05) is 6.20 Å². The number of rotatable bonds is 7. The third-order valence-electron chi connectivity index (χ3n) is 3.73. The van der Waals surface area contributed by atoms with E-state index in [1.165, 1.54) is 20.5 Å². The van der Waals surface area contributed by atoms with E-state index in [1.807, 2.05) is 30.3 Å². The molecule has 0 N–H and O–H groups in total. The number of methoxy groups -OCH3 is 2. The van der Waals surface area contributed by atoms with E-state index >= 15 is 0 Å². The molecular formula is C22H19NO5. The number of hydrogen-bond acceptors (Lipinski definition) is 6. The number of carbonyl (C=O) groups excluding carboxylic acids is 1. The summed E-state index contributed by atoms with van der Waals surface area (Å²) in [5.41, 5.74) is 0.949. The van der Waals surface area contributed by atoms with Gasteiger partial charge in [-0.05, 0) is 42.0 Å². The molecule has 6 nitrogen and oxygen atoms in total. The number of ether oxygens (including phenoxy) is 4. The van der Waals surface area contributed by atoms with Gasteiger partial charge >= 0.3 is 5.97 Å². The van der Waals surface area contributed by atoms with Crippen LogP contribution < -0.4 is 9.47 Å². The molecular weight excluding hydrogens is 358 g/mol. The van der Waals surface area contributed by atoms with Gasteiger partial charge in [-0.2, -0.15) is 0 Å². The van der Waals surface area contributed by atoms with Crippen molar-refractivity contribution < 1.29 is 23.7 Å². The zero-order valence-corrected chi connectivity index (χ0v) is 15.5. The molecule has 2 aromatic carbocycles. The van der Waals surface area contributed by atoms with Crippen LogP contribution in [0.15, 0.2) is 79.2 Å². The van der Waals surface area contributed by atoms with Gasteiger partial charge in [0.15, 0.2) is 5.75 Å². The fourth-order valence-corrected chi connectivity index (χ4v) is 2.42. The van der Waals surface area contributed by atoms with Crippen LogP contribution in [0.1, 0.15) is 5.56 Å². The largest absolute Gasteiger partial charge is 0.503 e. The van der Waals surface area contributed by atoms with Crippen LogP contribution in [0.5, 0.6) is 23.1 Å². The number of hydrogen-bond donors (Lipinski definition) is 0. The fraction of sp³-hybridized carbons (Fsp3) is 0.0909. The molecule has 3 aromatic rings. The first-order valence-electron chi connectivity index (χ1n) is 8.48. The predicted molar refractivity (Wildman–Crippen MR) is 104 cm³/mol.